The molecule has 0 radical (unpaired) electrons. The topological polar surface area (TPSA) is 107 Å². The largest absolute Gasteiger partial charge is 0.360 e. The summed E-state index contributed by atoms with van der Waals surface area (Å²) in [4.78, 5) is 16.2. The van der Waals surface area contributed by atoms with E-state index in [-0.39, 0.29) is 0 Å². The summed E-state index contributed by atoms with van der Waals surface area (Å²) < 4.78 is 0. The monoisotopic (exact) mass is 346 g/mol. The molecule has 26 heavy (non-hydrogen) atoms. The number of nitrogens with one attached hydrogen (secondary N) is 4. The number of aromatic amines is 2. The highest BCUT2D eigenvalue weighted by molar-refractivity contribution is 5.81. The Labute approximate surface area is 149 Å². The Hall–Kier alpha value is -3.42. The maximum atomic E-state index is 4.51. The van der Waals surface area contributed by atoms with Gasteiger partial charge in [0.25, 0.3) is 0 Å². The predicted molar refractivity (Wildman–Crippen MR) is 99.3 cm³/mol. The Kier molecular flexibility index (Phi) is 3.52. The number of aromatic nitrogens is 6. The molecule has 5 rings (SSSR count). The van der Waals surface area contributed by atoms with E-state index in [2.05, 4.69) is 40.8 Å². The van der Waals surface area contributed by atoms with Crippen LogP contribution in [0.3, 0.4) is 0 Å². The molecule has 0 amide bonds. The second-order valence-electron chi connectivity index (χ2n) is 6.46. The van der Waals surface area contributed by atoms with Crippen molar-refractivity contribution in [2.45, 2.75) is 25.3 Å². The predicted octanol–water partition coefficient (Wildman–Crippen LogP) is 3.31. The first kappa shape index (κ1) is 14.9. The first-order valence-electron chi connectivity index (χ1n) is 8.64. The maximum Gasteiger partial charge on any atom is 0.224 e. The lowest BCUT2D eigenvalue weighted by Crippen LogP contribution is -2.05. The maximum absolute atomic E-state index is 4.51. The van der Waals surface area contributed by atoms with Crippen LogP contribution < -0.4 is 10.6 Å². The second kappa shape index (κ2) is 6.14. The van der Waals surface area contributed by atoms with Gasteiger partial charge in [0.1, 0.15) is 5.82 Å². The number of hydrogen-bond acceptors (Lipinski definition) is 6. The molecular weight excluding hydrogens is 328 g/mol. The Morgan fingerprint density at radius 1 is 1.15 bits per heavy atom. The molecule has 8 heteroatoms. The van der Waals surface area contributed by atoms with Crippen molar-refractivity contribution < 1.29 is 0 Å². The molecule has 1 saturated carbocycles. The van der Waals surface area contributed by atoms with Crippen LogP contribution in [-0.2, 0) is 6.54 Å². The smallest absolute Gasteiger partial charge is 0.224 e. The lowest BCUT2D eigenvalue weighted by molar-refractivity contribution is 0.966. The van der Waals surface area contributed by atoms with Crippen LogP contribution in [-0.4, -0.2) is 30.1 Å². The number of hydrogen-bond donors (Lipinski definition) is 4. The van der Waals surface area contributed by atoms with Crippen molar-refractivity contribution in [1.82, 2.24) is 30.1 Å². The molecule has 0 aromatic carbocycles. The quantitative estimate of drug-likeness (QED) is 0.427. The van der Waals surface area contributed by atoms with E-state index < -0.39 is 0 Å². The fraction of sp³-hybridized carbons (Fsp3) is 0.222. The summed E-state index contributed by atoms with van der Waals surface area (Å²) in [5, 5.41) is 15.0. The molecule has 8 nitrogen and oxygen atoms in total. The summed E-state index contributed by atoms with van der Waals surface area (Å²) in [6.45, 7) is 0.597. The van der Waals surface area contributed by atoms with Gasteiger partial charge >= 0.3 is 0 Å². The summed E-state index contributed by atoms with van der Waals surface area (Å²) >= 11 is 0. The van der Waals surface area contributed by atoms with E-state index in [1.807, 2.05) is 36.8 Å². The Morgan fingerprint density at radius 3 is 3.04 bits per heavy atom. The minimum atomic E-state index is 0.556. The summed E-state index contributed by atoms with van der Waals surface area (Å²) in [5.74, 6) is 2.68. The molecule has 0 saturated heterocycles. The molecule has 130 valence electrons. The standard InChI is InChI=1S/C18H18N8/c1-2-11(1)14-7-17(26-25-14)23-16-4-6-21-18(24-16)22-9-12-8-19-10-15-13(12)3-5-20-15/h3-8,10-11,20H,1-2,9H2,(H3,21,22,23,24,25,26). The van der Waals surface area contributed by atoms with Gasteiger partial charge in [0, 0.05) is 48.2 Å². The number of fused-ring (bicyclic) bond motifs is 1. The molecule has 0 atom stereocenters. The van der Waals surface area contributed by atoms with E-state index in [4.69, 9.17) is 0 Å². The fourth-order valence-corrected chi connectivity index (χ4v) is 3.00. The van der Waals surface area contributed by atoms with Crippen molar-refractivity contribution in [3.8, 4) is 0 Å². The van der Waals surface area contributed by atoms with Gasteiger partial charge < -0.3 is 15.6 Å². The van der Waals surface area contributed by atoms with E-state index in [1.54, 1.807) is 6.20 Å². The van der Waals surface area contributed by atoms with Gasteiger partial charge in [0.2, 0.25) is 5.95 Å². The molecule has 4 aromatic rings. The average molecular weight is 346 g/mol. The van der Waals surface area contributed by atoms with Crippen molar-refractivity contribution in [3.05, 3.63) is 54.2 Å². The first-order chi connectivity index (χ1) is 12.8. The molecule has 0 aliphatic heterocycles. The van der Waals surface area contributed by atoms with Gasteiger partial charge in [-0.05, 0) is 30.5 Å². The van der Waals surface area contributed by atoms with Crippen LogP contribution >= 0.6 is 0 Å². The van der Waals surface area contributed by atoms with Crippen molar-refractivity contribution in [2.24, 2.45) is 0 Å². The van der Waals surface area contributed by atoms with Gasteiger partial charge in [0.05, 0.1) is 11.7 Å². The number of anilines is 3. The van der Waals surface area contributed by atoms with Gasteiger partial charge in [-0.15, -0.1) is 0 Å². The Morgan fingerprint density at radius 2 is 2.12 bits per heavy atom. The molecule has 0 spiro atoms. The zero-order chi connectivity index (χ0) is 17.3. The van der Waals surface area contributed by atoms with Crippen LogP contribution in [0.5, 0.6) is 0 Å². The second-order valence-corrected chi connectivity index (χ2v) is 6.46. The summed E-state index contributed by atoms with van der Waals surface area (Å²) in [6, 6.07) is 5.91. The van der Waals surface area contributed by atoms with E-state index in [0.29, 0.717) is 24.2 Å². The fourth-order valence-electron chi connectivity index (χ4n) is 3.00. The van der Waals surface area contributed by atoms with Crippen LogP contribution in [0.25, 0.3) is 10.9 Å². The van der Waals surface area contributed by atoms with Gasteiger partial charge in [-0.25, -0.2) is 4.98 Å². The molecule has 1 aliphatic carbocycles. The molecule has 4 N–H and O–H groups in total. The normalized spacial score (nSPS) is 13.8. The van der Waals surface area contributed by atoms with Crippen LogP contribution in [0.15, 0.2) is 43.0 Å². The number of pyridine rings is 1. The van der Waals surface area contributed by atoms with Crippen molar-refractivity contribution in [2.75, 3.05) is 10.6 Å². The lowest BCUT2D eigenvalue weighted by Gasteiger charge is -2.07. The first-order valence-corrected chi connectivity index (χ1v) is 8.64. The van der Waals surface area contributed by atoms with Crippen molar-refractivity contribution in [1.29, 1.82) is 0 Å². The molecule has 1 fully saturated rings. The SMILES string of the molecule is c1cc(Nc2cc(C3CC3)[nH]n2)nc(NCc2cncc3[nH]ccc23)n1. The molecule has 4 heterocycles. The summed E-state index contributed by atoms with van der Waals surface area (Å²) in [7, 11) is 0. The molecule has 0 bridgehead atoms. The van der Waals surface area contributed by atoms with Gasteiger partial charge in [-0.1, -0.05) is 0 Å². The van der Waals surface area contributed by atoms with Gasteiger partial charge in [-0.2, -0.15) is 10.1 Å². The van der Waals surface area contributed by atoms with E-state index in [9.17, 15) is 0 Å². The molecule has 1 aliphatic rings. The molecular formula is C18H18N8. The van der Waals surface area contributed by atoms with E-state index >= 15 is 0 Å². The summed E-state index contributed by atoms with van der Waals surface area (Å²) in [5.41, 5.74) is 3.30. The minimum absolute atomic E-state index is 0.556. The lowest BCUT2D eigenvalue weighted by atomic mass is 10.2. The number of rotatable bonds is 6. The Balaban J connectivity index is 1.29. The van der Waals surface area contributed by atoms with Crippen LogP contribution in [0.1, 0.15) is 30.0 Å². The highest BCUT2D eigenvalue weighted by Crippen LogP contribution is 2.39. The van der Waals surface area contributed by atoms with Crippen LogP contribution in [0.4, 0.5) is 17.6 Å². The third kappa shape index (κ3) is 2.97. The third-order valence-corrected chi connectivity index (χ3v) is 4.52. The minimum Gasteiger partial charge on any atom is -0.360 e. The molecule has 0 unspecified atom stereocenters. The van der Waals surface area contributed by atoms with Crippen molar-refractivity contribution in [3.63, 3.8) is 0 Å². The van der Waals surface area contributed by atoms with Crippen LogP contribution in [0.2, 0.25) is 0 Å². The van der Waals surface area contributed by atoms with E-state index in [1.165, 1.54) is 18.5 Å². The third-order valence-electron chi connectivity index (χ3n) is 4.52. The summed E-state index contributed by atoms with van der Waals surface area (Å²) in [6.07, 6.45) is 9.80. The highest BCUT2D eigenvalue weighted by Gasteiger charge is 2.25. The van der Waals surface area contributed by atoms with E-state index in [0.717, 1.165) is 22.3 Å². The molecule has 4 aromatic heterocycles. The van der Waals surface area contributed by atoms with Gasteiger partial charge in [0.15, 0.2) is 5.82 Å². The number of nitrogens with zero attached hydrogens (tertiary/aromatic N) is 4. The highest BCUT2D eigenvalue weighted by atomic mass is 15.2. The average Bonchev–Trinajstić information content (AvgIpc) is 3.21. The number of H-pyrrole nitrogens is 2. The van der Waals surface area contributed by atoms with Gasteiger partial charge in [-0.3, -0.25) is 10.1 Å². The zero-order valence-electron chi connectivity index (χ0n) is 14.0. The Bertz CT molecular complexity index is 1050. The zero-order valence-corrected chi connectivity index (χ0v) is 14.0. The van der Waals surface area contributed by atoms with Crippen molar-refractivity contribution >= 4 is 28.5 Å². The van der Waals surface area contributed by atoms with Crippen LogP contribution in [0, 0.1) is 0 Å².